The van der Waals surface area contributed by atoms with Crippen molar-refractivity contribution in [3.05, 3.63) is 41.0 Å². The Labute approximate surface area is 208 Å². The number of halogens is 1. The van der Waals surface area contributed by atoms with Gasteiger partial charge in [-0.25, -0.2) is 8.42 Å². The van der Waals surface area contributed by atoms with Gasteiger partial charge in [0, 0.05) is 52.0 Å². The predicted octanol–water partition coefficient (Wildman–Crippen LogP) is 4.11. The lowest BCUT2D eigenvalue weighted by Gasteiger charge is -2.35. The minimum Gasteiger partial charge on any atom is -0.368 e. The van der Waals surface area contributed by atoms with Crippen LogP contribution in [0, 0.1) is 0 Å². The van der Waals surface area contributed by atoms with Crippen LogP contribution in [0.25, 0.3) is 0 Å². The number of anilines is 1. The first-order valence-corrected chi connectivity index (χ1v) is 14.0. The number of rotatable bonds is 11. The van der Waals surface area contributed by atoms with E-state index in [2.05, 4.69) is 23.8 Å². The molecule has 1 fully saturated rings. The monoisotopic (exact) mass is 509 g/mol. The average molecular weight is 510 g/mol. The summed E-state index contributed by atoms with van der Waals surface area (Å²) in [5.41, 5.74) is 1.07. The van der Waals surface area contributed by atoms with Crippen LogP contribution in [0.3, 0.4) is 0 Å². The quantitative estimate of drug-likeness (QED) is 0.455. The fourth-order valence-electron chi connectivity index (χ4n) is 4.09. The standard InChI is InChI=1S/C24H36ClN5O3S/c1-4-7-13-28(14-8-5-2)24(31)20-19-29(6-3)26-23(20)34(32,33)30-17-15-27(16-18-30)22-12-10-9-11-21(22)25/h9-12,19H,4-8,13-18H2,1-3H3. The second kappa shape index (κ2) is 12.0. The zero-order valence-corrected chi connectivity index (χ0v) is 22.0. The van der Waals surface area contributed by atoms with Crippen LogP contribution in [0.4, 0.5) is 5.69 Å². The zero-order chi connectivity index (χ0) is 24.7. The molecule has 0 bridgehead atoms. The first-order chi connectivity index (χ1) is 16.3. The van der Waals surface area contributed by atoms with Crippen LogP contribution < -0.4 is 4.90 Å². The fraction of sp³-hybridized carbons (Fsp3) is 0.583. The molecule has 1 aliphatic rings. The topological polar surface area (TPSA) is 78.8 Å². The van der Waals surface area contributed by atoms with Gasteiger partial charge in [0.15, 0.2) is 0 Å². The average Bonchev–Trinajstić information content (AvgIpc) is 3.30. The molecule has 188 valence electrons. The summed E-state index contributed by atoms with van der Waals surface area (Å²) >= 11 is 6.33. The summed E-state index contributed by atoms with van der Waals surface area (Å²) in [6, 6.07) is 7.56. The van der Waals surface area contributed by atoms with Crippen LogP contribution in [0.5, 0.6) is 0 Å². The van der Waals surface area contributed by atoms with Gasteiger partial charge in [-0.1, -0.05) is 50.4 Å². The van der Waals surface area contributed by atoms with Gasteiger partial charge in [-0.3, -0.25) is 9.48 Å². The highest BCUT2D eigenvalue weighted by Crippen LogP contribution is 2.28. The highest BCUT2D eigenvalue weighted by atomic mass is 35.5. The Kier molecular flexibility index (Phi) is 9.39. The molecular formula is C24H36ClN5O3S. The Bertz CT molecular complexity index is 1060. The van der Waals surface area contributed by atoms with Crippen molar-refractivity contribution in [1.29, 1.82) is 0 Å². The van der Waals surface area contributed by atoms with Crippen molar-refractivity contribution in [3.8, 4) is 0 Å². The molecule has 1 aliphatic heterocycles. The third-order valence-corrected chi connectivity index (χ3v) is 8.30. The maximum absolute atomic E-state index is 13.6. The van der Waals surface area contributed by atoms with E-state index in [1.54, 1.807) is 11.1 Å². The molecule has 2 aromatic rings. The van der Waals surface area contributed by atoms with Crippen LogP contribution in [0.2, 0.25) is 5.02 Å². The van der Waals surface area contributed by atoms with E-state index in [1.807, 2.05) is 31.2 Å². The predicted molar refractivity (Wildman–Crippen MR) is 136 cm³/mol. The van der Waals surface area contributed by atoms with Gasteiger partial charge in [0.25, 0.3) is 15.9 Å². The van der Waals surface area contributed by atoms with Gasteiger partial charge in [0.05, 0.1) is 16.3 Å². The number of nitrogens with zero attached hydrogens (tertiary/aromatic N) is 5. The van der Waals surface area contributed by atoms with E-state index in [1.165, 1.54) is 8.99 Å². The first kappa shape index (κ1) is 26.5. The third-order valence-electron chi connectivity index (χ3n) is 6.15. The lowest BCUT2D eigenvalue weighted by molar-refractivity contribution is 0.0747. The molecule has 34 heavy (non-hydrogen) atoms. The van der Waals surface area contributed by atoms with Gasteiger partial charge in [0.1, 0.15) is 0 Å². The number of sulfonamides is 1. The molecule has 2 heterocycles. The number of para-hydroxylation sites is 1. The molecule has 0 unspecified atom stereocenters. The molecule has 0 atom stereocenters. The number of aromatic nitrogens is 2. The molecule has 1 amide bonds. The summed E-state index contributed by atoms with van der Waals surface area (Å²) < 4.78 is 30.2. The van der Waals surface area contributed by atoms with Gasteiger partial charge < -0.3 is 9.80 Å². The smallest absolute Gasteiger partial charge is 0.263 e. The molecular weight excluding hydrogens is 474 g/mol. The lowest BCUT2D eigenvalue weighted by atomic mass is 10.2. The zero-order valence-electron chi connectivity index (χ0n) is 20.4. The lowest BCUT2D eigenvalue weighted by Crippen LogP contribution is -2.49. The van der Waals surface area contributed by atoms with Crippen molar-refractivity contribution in [1.82, 2.24) is 19.0 Å². The molecule has 0 aliphatic carbocycles. The third kappa shape index (κ3) is 5.93. The number of carbonyl (C=O) groups excluding carboxylic acids is 1. The largest absolute Gasteiger partial charge is 0.368 e. The normalized spacial score (nSPS) is 15.0. The fourth-order valence-corrected chi connectivity index (χ4v) is 5.86. The summed E-state index contributed by atoms with van der Waals surface area (Å²) in [5, 5.41) is 4.85. The maximum Gasteiger partial charge on any atom is 0.263 e. The van der Waals surface area contributed by atoms with Crippen molar-refractivity contribution < 1.29 is 13.2 Å². The van der Waals surface area contributed by atoms with Crippen molar-refractivity contribution >= 4 is 33.2 Å². The van der Waals surface area contributed by atoms with E-state index in [0.717, 1.165) is 31.4 Å². The van der Waals surface area contributed by atoms with Crippen LogP contribution in [0.1, 0.15) is 56.8 Å². The molecule has 1 saturated heterocycles. The van der Waals surface area contributed by atoms with E-state index >= 15 is 0 Å². The Morgan fingerprint density at radius 1 is 1.03 bits per heavy atom. The van der Waals surface area contributed by atoms with Gasteiger partial charge >= 0.3 is 0 Å². The molecule has 0 N–H and O–H groups in total. The Balaban J connectivity index is 1.83. The SMILES string of the molecule is CCCCN(CCCC)C(=O)c1cn(CC)nc1S(=O)(=O)N1CCN(c2ccccc2Cl)CC1. The van der Waals surface area contributed by atoms with E-state index in [9.17, 15) is 13.2 Å². The number of benzene rings is 1. The number of aryl methyl sites for hydroxylation is 1. The number of unbranched alkanes of at least 4 members (excludes halogenated alkanes) is 2. The van der Waals surface area contributed by atoms with Crippen LogP contribution in [0.15, 0.2) is 35.5 Å². The van der Waals surface area contributed by atoms with Crippen molar-refractivity contribution in [3.63, 3.8) is 0 Å². The summed E-state index contributed by atoms with van der Waals surface area (Å²) in [6.45, 7) is 9.38. The van der Waals surface area contributed by atoms with Crippen LogP contribution in [-0.2, 0) is 16.6 Å². The maximum atomic E-state index is 13.6. The number of hydrogen-bond donors (Lipinski definition) is 0. The summed E-state index contributed by atoms with van der Waals surface area (Å²) in [6.07, 6.45) is 5.27. The van der Waals surface area contributed by atoms with E-state index in [-0.39, 0.29) is 16.5 Å². The molecule has 10 heteroatoms. The molecule has 1 aromatic heterocycles. The van der Waals surface area contributed by atoms with Crippen LogP contribution in [-0.4, -0.2) is 72.6 Å². The van der Waals surface area contributed by atoms with E-state index in [0.29, 0.717) is 50.8 Å². The first-order valence-electron chi connectivity index (χ1n) is 12.2. The van der Waals surface area contributed by atoms with Gasteiger partial charge in [-0.2, -0.15) is 9.40 Å². The van der Waals surface area contributed by atoms with E-state index < -0.39 is 10.0 Å². The minimum absolute atomic E-state index is 0.136. The molecule has 1 aromatic carbocycles. The van der Waals surface area contributed by atoms with Crippen molar-refractivity contribution in [2.24, 2.45) is 0 Å². The second-order valence-corrected chi connectivity index (χ2v) is 10.8. The molecule has 0 radical (unpaired) electrons. The Morgan fingerprint density at radius 2 is 1.65 bits per heavy atom. The molecule has 3 rings (SSSR count). The number of carbonyl (C=O) groups is 1. The molecule has 0 saturated carbocycles. The number of piperazine rings is 1. The summed E-state index contributed by atoms with van der Waals surface area (Å²) in [4.78, 5) is 17.3. The Hall–Kier alpha value is -2.10. The molecule has 0 spiro atoms. The van der Waals surface area contributed by atoms with Crippen LogP contribution >= 0.6 is 11.6 Å². The second-order valence-electron chi connectivity index (χ2n) is 8.55. The van der Waals surface area contributed by atoms with Crippen molar-refractivity contribution in [2.75, 3.05) is 44.2 Å². The molecule has 8 nitrogen and oxygen atoms in total. The number of hydrogen-bond acceptors (Lipinski definition) is 5. The van der Waals surface area contributed by atoms with E-state index in [4.69, 9.17) is 11.6 Å². The highest BCUT2D eigenvalue weighted by molar-refractivity contribution is 7.89. The van der Waals surface area contributed by atoms with Gasteiger partial charge in [0.2, 0.25) is 5.03 Å². The number of amides is 1. The summed E-state index contributed by atoms with van der Waals surface area (Å²) in [5.74, 6) is -0.255. The van der Waals surface area contributed by atoms with Gasteiger partial charge in [-0.15, -0.1) is 0 Å². The Morgan fingerprint density at radius 3 is 2.21 bits per heavy atom. The van der Waals surface area contributed by atoms with Gasteiger partial charge in [-0.05, 0) is 31.9 Å². The summed E-state index contributed by atoms with van der Waals surface area (Å²) in [7, 11) is -3.92. The van der Waals surface area contributed by atoms with Crippen molar-refractivity contribution in [2.45, 2.75) is 58.0 Å². The minimum atomic E-state index is -3.92. The highest BCUT2D eigenvalue weighted by Gasteiger charge is 2.36.